The first kappa shape index (κ1) is 17.8. The number of halogens is 2. The SMILES string of the molecule is Cl.Nc1ccccc1CCC(=O)NCCc1ccc(Cl)s1. The van der Waals surface area contributed by atoms with Gasteiger partial charge in [0.2, 0.25) is 5.91 Å². The molecule has 1 heterocycles. The summed E-state index contributed by atoms with van der Waals surface area (Å²) >= 11 is 7.40. The molecule has 0 atom stereocenters. The van der Waals surface area contributed by atoms with Gasteiger partial charge in [-0.3, -0.25) is 4.79 Å². The first-order valence-corrected chi connectivity index (χ1v) is 7.69. The molecular weight excluding hydrogens is 327 g/mol. The average Bonchev–Trinajstić information content (AvgIpc) is 2.83. The van der Waals surface area contributed by atoms with Crippen molar-refractivity contribution in [1.29, 1.82) is 0 Å². The number of nitrogen functional groups attached to an aromatic ring is 1. The fourth-order valence-electron chi connectivity index (χ4n) is 1.91. The Kier molecular flexibility index (Phi) is 7.57. The Balaban J connectivity index is 0.00000220. The van der Waals surface area contributed by atoms with Crippen molar-refractivity contribution in [1.82, 2.24) is 5.32 Å². The number of carbonyl (C=O) groups is 1. The summed E-state index contributed by atoms with van der Waals surface area (Å²) in [4.78, 5) is 12.9. The first-order valence-electron chi connectivity index (χ1n) is 6.49. The largest absolute Gasteiger partial charge is 0.399 e. The molecule has 21 heavy (non-hydrogen) atoms. The number of benzene rings is 1. The van der Waals surface area contributed by atoms with Gasteiger partial charge in [0.05, 0.1) is 4.34 Å². The second-order valence-electron chi connectivity index (χ2n) is 4.50. The van der Waals surface area contributed by atoms with E-state index in [2.05, 4.69) is 5.32 Å². The van der Waals surface area contributed by atoms with Crippen molar-refractivity contribution < 1.29 is 4.79 Å². The topological polar surface area (TPSA) is 55.1 Å². The first-order chi connectivity index (χ1) is 9.65. The second-order valence-corrected chi connectivity index (χ2v) is 6.30. The lowest BCUT2D eigenvalue weighted by molar-refractivity contribution is -0.121. The molecule has 0 bridgehead atoms. The second kappa shape index (κ2) is 8.93. The Bertz CT molecular complexity index is 587. The van der Waals surface area contributed by atoms with Crippen LogP contribution in [0.5, 0.6) is 0 Å². The van der Waals surface area contributed by atoms with Crippen molar-refractivity contribution in [3.8, 4) is 0 Å². The molecule has 2 rings (SSSR count). The molecule has 3 N–H and O–H groups in total. The van der Waals surface area contributed by atoms with E-state index >= 15 is 0 Å². The van der Waals surface area contributed by atoms with Gasteiger partial charge in [-0.15, -0.1) is 23.7 Å². The minimum Gasteiger partial charge on any atom is -0.399 e. The number of thiophene rings is 1. The van der Waals surface area contributed by atoms with Crippen LogP contribution in [0.2, 0.25) is 4.34 Å². The molecule has 2 aromatic rings. The zero-order valence-corrected chi connectivity index (χ0v) is 13.9. The smallest absolute Gasteiger partial charge is 0.220 e. The van der Waals surface area contributed by atoms with Gasteiger partial charge in [-0.1, -0.05) is 29.8 Å². The van der Waals surface area contributed by atoms with Crippen LogP contribution in [0.15, 0.2) is 36.4 Å². The quantitative estimate of drug-likeness (QED) is 0.785. The molecule has 1 amide bonds. The van der Waals surface area contributed by atoms with Gasteiger partial charge in [0.1, 0.15) is 0 Å². The van der Waals surface area contributed by atoms with Crippen molar-refractivity contribution in [3.05, 3.63) is 51.2 Å². The Morgan fingerprint density at radius 1 is 1.19 bits per heavy atom. The Morgan fingerprint density at radius 3 is 2.62 bits per heavy atom. The van der Waals surface area contributed by atoms with Crippen LogP contribution >= 0.6 is 35.3 Å². The van der Waals surface area contributed by atoms with E-state index in [1.165, 1.54) is 4.88 Å². The lowest BCUT2D eigenvalue weighted by atomic mass is 10.1. The van der Waals surface area contributed by atoms with Crippen molar-refractivity contribution in [2.45, 2.75) is 19.3 Å². The van der Waals surface area contributed by atoms with E-state index in [0.717, 1.165) is 22.0 Å². The van der Waals surface area contributed by atoms with Gasteiger partial charge in [0.15, 0.2) is 0 Å². The predicted octanol–water partition coefficient (Wildman–Crippen LogP) is 3.70. The summed E-state index contributed by atoms with van der Waals surface area (Å²) in [7, 11) is 0. The van der Waals surface area contributed by atoms with E-state index in [-0.39, 0.29) is 18.3 Å². The van der Waals surface area contributed by atoms with Crippen LogP contribution in [0.1, 0.15) is 16.9 Å². The molecule has 1 aromatic carbocycles. The Hall–Kier alpha value is -1.23. The molecule has 0 unspecified atom stereocenters. The molecule has 0 aliphatic carbocycles. The molecule has 3 nitrogen and oxygen atoms in total. The Morgan fingerprint density at radius 2 is 1.95 bits per heavy atom. The predicted molar refractivity (Wildman–Crippen MR) is 92.5 cm³/mol. The number of rotatable bonds is 6. The highest BCUT2D eigenvalue weighted by molar-refractivity contribution is 7.16. The van der Waals surface area contributed by atoms with Gasteiger partial charge >= 0.3 is 0 Å². The zero-order chi connectivity index (χ0) is 14.4. The minimum atomic E-state index is 0. The monoisotopic (exact) mass is 344 g/mol. The van der Waals surface area contributed by atoms with Crippen LogP contribution in [-0.4, -0.2) is 12.5 Å². The van der Waals surface area contributed by atoms with Crippen LogP contribution < -0.4 is 11.1 Å². The molecule has 0 aliphatic rings. The van der Waals surface area contributed by atoms with Gasteiger partial charge < -0.3 is 11.1 Å². The number of anilines is 1. The summed E-state index contributed by atoms with van der Waals surface area (Å²) in [5.74, 6) is 0.0518. The number of aryl methyl sites for hydroxylation is 1. The summed E-state index contributed by atoms with van der Waals surface area (Å²) in [6.45, 7) is 0.639. The summed E-state index contributed by atoms with van der Waals surface area (Å²) in [6.07, 6.45) is 1.94. The van der Waals surface area contributed by atoms with Crippen LogP contribution in [-0.2, 0) is 17.6 Å². The number of amides is 1. The molecule has 0 fully saturated rings. The highest BCUT2D eigenvalue weighted by atomic mass is 35.5. The van der Waals surface area contributed by atoms with Gasteiger partial charge in [-0.25, -0.2) is 0 Å². The summed E-state index contributed by atoms with van der Waals surface area (Å²) in [5.41, 5.74) is 7.61. The van der Waals surface area contributed by atoms with Crippen LogP contribution in [0.25, 0.3) is 0 Å². The number of nitrogens with two attached hydrogens (primary N) is 1. The Labute approximate surface area is 139 Å². The molecule has 0 saturated heterocycles. The third kappa shape index (κ3) is 5.96. The van der Waals surface area contributed by atoms with Crippen LogP contribution in [0.4, 0.5) is 5.69 Å². The molecule has 6 heteroatoms. The molecule has 0 aliphatic heterocycles. The van der Waals surface area contributed by atoms with E-state index in [0.29, 0.717) is 19.4 Å². The van der Waals surface area contributed by atoms with E-state index in [1.54, 1.807) is 11.3 Å². The van der Waals surface area contributed by atoms with E-state index in [9.17, 15) is 4.79 Å². The number of hydrogen-bond acceptors (Lipinski definition) is 3. The van der Waals surface area contributed by atoms with Crippen molar-refractivity contribution in [3.63, 3.8) is 0 Å². The number of nitrogens with one attached hydrogen (secondary N) is 1. The summed E-state index contributed by atoms with van der Waals surface area (Å²) in [5, 5.41) is 2.91. The van der Waals surface area contributed by atoms with Gasteiger partial charge in [-0.05, 0) is 36.6 Å². The molecule has 0 saturated carbocycles. The summed E-state index contributed by atoms with van der Waals surface area (Å²) in [6, 6.07) is 11.5. The van der Waals surface area contributed by atoms with Crippen molar-refractivity contribution >= 4 is 46.9 Å². The summed E-state index contributed by atoms with van der Waals surface area (Å²) < 4.78 is 0.783. The van der Waals surface area contributed by atoms with Gasteiger partial charge in [-0.2, -0.15) is 0 Å². The highest BCUT2D eigenvalue weighted by Gasteiger charge is 2.04. The van der Waals surface area contributed by atoms with Gasteiger partial charge in [0.25, 0.3) is 0 Å². The fraction of sp³-hybridized carbons (Fsp3) is 0.267. The minimum absolute atomic E-state index is 0. The van der Waals surface area contributed by atoms with Gasteiger partial charge in [0, 0.05) is 23.5 Å². The lowest BCUT2D eigenvalue weighted by Crippen LogP contribution is -2.25. The number of carbonyl (C=O) groups excluding carboxylic acids is 1. The third-order valence-electron chi connectivity index (χ3n) is 3.00. The van der Waals surface area contributed by atoms with Crippen LogP contribution in [0.3, 0.4) is 0 Å². The maximum Gasteiger partial charge on any atom is 0.220 e. The lowest BCUT2D eigenvalue weighted by Gasteiger charge is -2.06. The zero-order valence-electron chi connectivity index (χ0n) is 11.5. The maximum atomic E-state index is 11.7. The molecule has 0 spiro atoms. The van der Waals surface area contributed by atoms with E-state index in [1.807, 2.05) is 36.4 Å². The maximum absolute atomic E-state index is 11.7. The van der Waals surface area contributed by atoms with Crippen molar-refractivity contribution in [2.75, 3.05) is 12.3 Å². The standard InChI is InChI=1S/C15H17ClN2OS.ClH/c16-14-7-6-12(20-14)9-10-18-15(19)8-5-11-3-1-2-4-13(11)17;/h1-4,6-7H,5,8-10,17H2,(H,18,19);1H. The molecule has 114 valence electrons. The number of para-hydroxylation sites is 1. The number of hydrogen-bond donors (Lipinski definition) is 2. The normalized spacial score (nSPS) is 9.95. The van der Waals surface area contributed by atoms with E-state index < -0.39 is 0 Å². The fourth-order valence-corrected chi connectivity index (χ4v) is 3.00. The molecule has 0 radical (unpaired) electrons. The van der Waals surface area contributed by atoms with Crippen molar-refractivity contribution in [2.24, 2.45) is 0 Å². The van der Waals surface area contributed by atoms with Crippen LogP contribution in [0, 0.1) is 0 Å². The van der Waals surface area contributed by atoms with E-state index in [4.69, 9.17) is 17.3 Å². The molecule has 1 aromatic heterocycles. The third-order valence-corrected chi connectivity index (χ3v) is 4.29. The average molecular weight is 345 g/mol. The highest BCUT2D eigenvalue weighted by Crippen LogP contribution is 2.21. The molecular formula is C15H18Cl2N2OS.